The Morgan fingerprint density at radius 1 is 1.13 bits per heavy atom. The second kappa shape index (κ2) is 7.80. The zero-order valence-corrected chi connectivity index (χ0v) is 14.5. The molecule has 0 aliphatic rings. The maximum absolute atomic E-state index is 6.24. The highest BCUT2D eigenvalue weighted by atomic mass is 35.5. The Hall–Kier alpha value is -2.32. The van der Waals surface area contributed by atoms with Gasteiger partial charge in [-0.05, 0) is 38.5 Å². The number of benzene rings is 2. The van der Waals surface area contributed by atoms with Gasteiger partial charge in [-0.2, -0.15) is 0 Å². The Balaban J connectivity index is 2.23. The average Bonchev–Trinajstić information content (AvgIpc) is 2.54. The third kappa shape index (κ3) is 4.33. The number of aliphatic imine (C=N–C) groups is 1. The minimum Gasteiger partial charge on any atom is -0.354 e. The summed E-state index contributed by atoms with van der Waals surface area (Å²) in [6.07, 6.45) is 1.94. The van der Waals surface area contributed by atoms with Crippen molar-refractivity contribution in [1.82, 2.24) is 0 Å². The molecule has 0 radical (unpaired) electrons. The third-order valence-electron chi connectivity index (χ3n) is 3.57. The van der Waals surface area contributed by atoms with Crippen LogP contribution in [0.2, 0.25) is 5.02 Å². The van der Waals surface area contributed by atoms with Gasteiger partial charge < -0.3 is 5.32 Å². The summed E-state index contributed by atoms with van der Waals surface area (Å²) in [5.41, 5.74) is 5.53. The molecule has 0 atom stereocenters. The van der Waals surface area contributed by atoms with E-state index in [0.29, 0.717) is 5.02 Å². The van der Waals surface area contributed by atoms with Gasteiger partial charge in [0.25, 0.3) is 0 Å². The van der Waals surface area contributed by atoms with E-state index in [1.54, 1.807) is 0 Å². The maximum Gasteiger partial charge on any atom is 0.0819 e. The summed E-state index contributed by atoms with van der Waals surface area (Å²) in [4.78, 5) is 4.68. The van der Waals surface area contributed by atoms with Crippen LogP contribution in [-0.4, -0.2) is 5.71 Å². The van der Waals surface area contributed by atoms with Crippen LogP contribution < -0.4 is 5.32 Å². The van der Waals surface area contributed by atoms with Crippen molar-refractivity contribution in [3.05, 3.63) is 88.7 Å². The number of allylic oxidation sites excluding steroid dienone is 1. The van der Waals surface area contributed by atoms with E-state index in [1.807, 2.05) is 62.4 Å². The second-order valence-corrected chi connectivity index (χ2v) is 5.68. The van der Waals surface area contributed by atoms with Crippen molar-refractivity contribution in [2.75, 3.05) is 5.32 Å². The third-order valence-corrected chi connectivity index (χ3v) is 3.89. The Morgan fingerprint density at radius 3 is 2.43 bits per heavy atom. The van der Waals surface area contributed by atoms with Crippen LogP contribution in [0.1, 0.15) is 25.0 Å². The van der Waals surface area contributed by atoms with Gasteiger partial charge in [0.1, 0.15) is 0 Å². The molecule has 118 valence electrons. The molecule has 0 spiro atoms. The Morgan fingerprint density at radius 2 is 1.78 bits per heavy atom. The van der Waals surface area contributed by atoms with E-state index in [4.69, 9.17) is 11.6 Å². The van der Waals surface area contributed by atoms with Crippen LogP contribution in [0.3, 0.4) is 0 Å². The van der Waals surface area contributed by atoms with Crippen molar-refractivity contribution in [1.29, 1.82) is 0 Å². The first-order chi connectivity index (χ1) is 11.0. The number of hydrogen-bond donors (Lipinski definition) is 1. The number of anilines is 1. The fraction of sp³-hybridized carbons (Fsp3) is 0.150. The summed E-state index contributed by atoms with van der Waals surface area (Å²) in [6, 6.07) is 15.8. The first-order valence-corrected chi connectivity index (χ1v) is 7.89. The van der Waals surface area contributed by atoms with Gasteiger partial charge in [0.05, 0.1) is 11.4 Å². The summed E-state index contributed by atoms with van der Waals surface area (Å²) < 4.78 is 0. The van der Waals surface area contributed by atoms with E-state index in [1.165, 1.54) is 0 Å². The minimum absolute atomic E-state index is 0.696. The van der Waals surface area contributed by atoms with Crippen LogP contribution in [-0.2, 0) is 0 Å². The van der Waals surface area contributed by atoms with Crippen molar-refractivity contribution in [2.24, 2.45) is 4.99 Å². The molecule has 0 aliphatic carbocycles. The largest absolute Gasteiger partial charge is 0.354 e. The molecule has 2 nitrogen and oxygen atoms in total. The molecule has 23 heavy (non-hydrogen) atoms. The number of nitrogens with zero attached hydrogens (tertiary/aromatic N) is 1. The summed E-state index contributed by atoms with van der Waals surface area (Å²) >= 11 is 6.24. The Bertz CT molecular complexity index is 773. The minimum atomic E-state index is 0.696. The van der Waals surface area contributed by atoms with Gasteiger partial charge in [-0.1, -0.05) is 60.7 Å². The van der Waals surface area contributed by atoms with Crippen LogP contribution in [0.15, 0.2) is 77.6 Å². The number of rotatable bonds is 5. The van der Waals surface area contributed by atoms with Gasteiger partial charge >= 0.3 is 0 Å². The molecule has 0 aromatic heterocycles. The number of nitrogens with one attached hydrogen (secondary N) is 1. The zero-order valence-electron chi connectivity index (χ0n) is 13.7. The van der Waals surface area contributed by atoms with E-state index in [2.05, 4.69) is 29.9 Å². The van der Waals surface area contributed by atoms with Crippen LogP contribution in [0.4, 0.5) is 5.69 Å². The quantitative estimate of drug-likeness (QED) is 0.530. The van der Waals surface area contributed by atoms with Crippen molar-refractivity contribution in [3.8, 4) is 0 Å². The Kier molecular flexibility index (Phi) is 5.78. The van der Waals surface area contributed by atoms with Gasteiger partial charge in [0, 0.05) is 22.0 Å². The molecule has 2 aromatic carbocycles. The van der Waals surface area contributed by atoms with Crippen LogP contribution in [0.5, 0.6) is 0 Å². The van der Waals surface area contributed by atoms with Gasteiger partial charge in [-0.3, -0.25) is 4.99 Å². The van der Waals surface area contributed by atoms with E-state index in [-0.39, 0.29) is 0 Å². The van der Waals surface area contributed by atoms with Crippen LogP contribution in [0.25, 0.3) is 0 Å². The molecule has 3 heteroatoms. The molecule has 1 N–H and O–H groups in total. The standard InChI is InChI=1S/C20H21ClN2/c1-5-19(16(4)23-20-13-9-6-10-14(20)2)22-15(3)17-11-7-8-12-18(17)21/h5-13,23H,4H2,1-3H3/b19-5-,22-15?. The lowest BCUT2D eigenvalue weighted by molar-refractivity contribution is 1.26. The van der Waals surface area contributed by atoms with Crippen molar-refractivity contribution < 1.29 is 0 Å². The molecule has 0 aliphatic heterocycles. The highest BCUT2D eigenvalue weighted by Crippen LogP contribution is 2.21. The molecule has 2 rings (SSSR count). The molecule has 0 fully saturated rings. The number of para-hydroxylation sites is 1. The Labute approximate surface area is 143 Å². The normalized spacial score (nSPS) is 12.2. The lowest BCUT2D eigenvalue weighted by Crippen LogP contribution is -2.04. The predicted molar refractivity (Wildman–Crippen MR) is 101 cm³/mol. The van der Waals surface area contributed by atoms with Crippen molar-refractivity contribution in [3.63, 3.8) is 0 Å². The molecule has 0 saturated heterocycles. The van der Waals surface area contributed by atoms with Crippen LogP contribution in [0, 0.1) is 6.92 Å². The molecule has 0 bridgehead atoms. The molecule has 2 aromatic rings. The molecular weight excluding hydrogens is 304 g/mol. The summed E-state index contributed by atoms with van der Waals surface area (Å²) in [6.45, 7) is 10.1. The highest BCUT2D eigenvalue weighted by molar-refractivity contribution is 6.34. The van der Waals surface area contributed by atoms with E-state index in [0.717, 1.165) is 33.9 Å². The maximum atomic E-state index is 6.24. The number of aryl methyl sites for hydroxylation is 1. The molecule has 0 saturated carbocycles. The van der Waals surface area contributed by atoms with E-state index < -0.39 is 0 Å². The fourth-order valence-electron chi connectivity index (χ4n) is 2.24. The molecule has 0 unspecified atom stereocenters. The molecular formula is C20H21ClN2. The van der Waals surface area contributed by atoms with E-state index in [9.17, 15) is 0 Å². The number of hydrogen-bond acceptors (Lipinski definition) is 2. The van der Waals surface area contributed by atoms with Crippen molar-refractivity contribution >= 4 is 23.0 Å². The topological polar surface area (TPSA) is 24.4 Å². The van der Waals surface area contributed by atoms with Gasteiger partial charge in [-0.15, -0.1) is 0 Å². The molecule has 0 heterocycles. The van der Waals surface area contributed by atoms with Gasteiger partial charge in [-0.25, -0.2) is 0 Å². The van der Waals surface area contributed by atoms with Gasteiger partial charge in [0.15, 0.2) is 0 Å². The zero-order chi connectivity index (χ0) is 16.8. The SMILES string of the molecule is C=C(Nc1ccccc1C)/C(=C/C)N=C(C)c1ccccc1Cl. The van der Waals surface area contributed by atoms with E-state index >= 15 is 0 Å². The fourth-order valence-corrected chi connectivity index (χ4v) is 2.51. The van der Waals surface area contributed by atoms with Crippen LogP contribution >= 0.6 is 11.6 Å². The predicted octanol–water partition coefficient (Wildman–Crippen LogP) is 5.99. The van der Waals surface area contributed by atoms with Gasteiger partial charge in [0.2, 0.25) is 0 Å². The highest BCUT2D eigenvalue weighted by Gasteiger charge is 2.07. The monoisotopic (exact) mass is 324 g/mol. The first-order valence-electron chi connectivity index (χ1n) is 7.51. The lowest BCUT2D eigenvalue weighted by atomic mass is 10.1. The second-order valence-electron chi connectivity index (χ2n) is 5.27. The first kappa shape index (κ1) is 17.0. The number of halogens is 1. The smallest absolute Gasteiger partial charge is 0.0819 e. The average molecular weight is 325 g/mol. The molecule has 0 amide bonds. The summed E-state index contributed by atoms with van der Waals surface area (Å²) in [5, 5.41) is 4.03. The van der Waals surface area contributed by atoms with Crippen molar-refractivity contribution in [2.45, 2.75) is 20.8 Å². The summed E-state index contributed by atoms with van der Waals surface area (Å²) in [5.74, 6) is 0. The summed E-state index contributed by atoms with van der Waals surface area (Å²) in [7, 11) is 0. The lowest BCUT2D eigenvalue weighted by Gasteiger charge is -2.13.